The van der Waals surface area contributed by atoms with Gasteiger partial charge in [0.25, 0.3) is 5.91 Å². The van der Waals surface area contributed by atoms with E-state index in [2.05, 4.69) is 41.5 Å². The van der Waals surface area contributed by atoms with E-state index in [1.165, 1.54) is 29.9 Å². The summed E-state index contributed by atoms with van der Waals surface area (Å²) in [4.78, 5) is 112. The number of unbranched alkanes of at least 4 members (excludes halogenated alkanes) is 1. The van der Waals surface area contributed by atoms with Crippen LogP contribution >= 0.6 is 0 Å². The van der Waals surface area contributed by atoms with E-state index in [0.29, 0.717) is 101 Å². The quantitative estimate of drug-likeness (QED) is 0.0128. The summed E-state index contributed by atoms with van der Waals surface area (Å²) in [7, 11) is 1.38. The molecule has 25 nitrogen and oxygen atoms in total. The molecule has 0 aliphatic carbocycles. The van der Waals surface area contributed by atoms with E-state index < -0.39 is 42.0 Å². The molecule has 0 radical (unpaired) electrons. The number of benzene rings is 3. The second-order valence-electron chi connectivity index (χ2n) is 18.6. The second-order valence-corrected chi connectivity index (χ2v) is 18.6. The van der Waals surface area contributed by atoms with E-state index in [9.17, 15) is 38.4 Å². The Bertz CT molecular complexity index is 2970. The van der Waals surface area contributed by atoms with Gasteiger partial charge in [-0.25, -0.2) is 4.79 Å². The Balaban J connectivity index is 0.859. The molecule has 8 N–H and O–H groups in total. The van der Waals surface area contributed by atoms with Crippen LogP contribution in [0.25, 0.3) is 17.2 Å². The Morgan fingerprint density at radius 1 is 0.699 bits per heavy atom. The molecule has 0 aliphatic heterocycles. The number of anilines is 1. The van der Waals surface area contributed by atoms with Crippen molar-refractivity contribution < 1.29 is 66.7 Å². The molecule has 2 aromatic heterocycles. The van der Waals surface area contributed by atoms with Crippen LogP contribution in [0.5, 0.6) is 17.5 Å². The van der Waals surface area contributed by atoms with Crippen molar-refractivity contribution in [1.82, 2.24) is 46.1 Å². The second kappa shape index (κ2) is 36.6. The summed E-state index contributed by atoms with van der Waals surface area (Å²) in [5, 5.41) is 13.5. The summed E-state index contributed by atoms with van der Waals surface area (Å²) in [6, 6.07) is 19.8. The van der Waals surface area contributed by atoms with E-state index >= 15 is 0 Å². The largest absolute Gasteiger partial charge is 0.493 e. The van der Waals surface area contributed by atoms with Crippen molar-refractivity contribution in [3.63, 3.8) is 0 Å². The average Bonchev–Trinajstić information content (AvgIpc) is 3.51. The van der Waals surface area contributed by atoms with Gasteiger partial charge in [-0.3, -0.25) is 38.1 Å². The number of fused-ring (bicyclic) bond motifs is 1. The maximum Gasteiger partial charge on any atom is 0.328 e. The molecular formula is C58H76N10O15. The standard InChI is InChI=1S/C58H76N10O15/c1-4-6-31-82-57-66-53(59)52-54(67-57)68(58(76)65-52)39-42-16-20-43(21-17-42)55(74)61-28-12-30-79-33-35-80-34-32-78-29-11-27-60-47(69)24-25-51(73)83-45-22-18-41(37-46(45)77-3)19-23-48(70)63-38-49(71)64-44(36-40-13-8-7-9-14-40)56(75)62-26-10-15-50(72)81-5-2/h7-9,13-14,16-23,37,44H,4-6,10-12,15,24-36,38-39H2,1-3H3,(H,60,69)(H,61,74)(H,62,75)(H,63,70)(H,64,71)(H,65,76)(H2,59,66,67)/b23-19+/t44-/m0/s1. The first-order valence-corrected chi connectivity index (χ1v) is 27.6. The lowest BCUT2D eigenvalue weighted by Gasteiger charge is -2.19. The van der Waals surface area contributed by atoms with Gasteiger partial charge in [-0.1, -0.05) is 61.9 Å². The molecule has 5 rings (SSSR count). The lowest BCUT2D eigenvalue weighted by atomic mass is 10.1. The zero-order chi connectivity index (χ0) is 59.6. The first kappa shape index (κ1) is 65.1. The molecule has 0 spiro atoms. The molecule has 2 heterocycles. The number of esters is 2. The highest BCUT2D eigenvalue weighted by Gasteiger charge is 2.22. The van der Waals surface area contributed by atoms with Crippen LogP contribution in [0.15, 0.2) is 83.7 Å². The third-order valence-electron chi connectivity index (χ3n) is 12.1. The Morgan fingerprint density at radius 3 is 2.10 bits per heavy atom. The molecule has 0 unspecified atom stereocenters. The van der Waals surface area contributed by atoms with Crippen molar-refractivity contribution in [1.29, 1.82) is 0 Å². The van der Waals surface area contributed by atoms with Gasteiger partial charge < -0.3 is 70.5 Å². The first-order valence-electron chi connectivity index (χ1n) is 27.6. The van der Waals surface area contributed by atoms with E-state index in [1.54, 1.807) is 43.3 Å². The number of imidazole rings is 1. The summed E-state index contributed by atoms with van der Waals surface area (Å²) in [5.41, 5.74) is 8.92. The SMILES string of the molecule is CCCCOc1nc(N)c2[nH]c(=O)n(Cc3ccc(C(=O)NCCCOCCOCCOCCCNC(=O)CCC(=O)Oc4ccc(/C=C/C(=O)NCC(=O)N[C@@H](Cc5ccccc5)C(=O)NCCCC(=O)OCC)cc4OC)cc3)c2n1. The number of H-pyrrole nitrogens is 1. The highest BCUT2D eigenvalue weighted by Crippen LogP contribution is 2.29. The number of ether oxygens (including phenoxy) is 7. The van der Waals surface area contributed by atoms with Crippen LogP contribution in [-0.2, 0) is 60.7 Å². The Hall–Kier alpha value is -8.68. The van der Waals surface area contributed by atoms with Gasteiger partial charge >= 0.3 is 23.6 Å². The number of hydrogen-bond acceptors (Lipinski definition) is 18. The zero-order valence-corrected chi connectivity index (χ0v) is 47.3. The van der Waals surface area contributed by atoms with Crippen molar-refractivity contribution >= 4 is 64.5 Å². The summed E-state index contributed by atoms with van der Waals surface area (Å²) in [5.74, 6) is -2.75. The van der Waals surface area contributed by atoms with Crippen molar-refractivity contribution in [2.45, 2.75) is 84.2 Å². The minimum Gasteiger partial charge on any atom is -0.493 e. The predicted octanol–water partition coefficient (Wildman–Crippen LogP) is 3.32. The Kier molecular flexibility index (Phi) is 28.7. The van der Waals surface area contributed by atoms with Crippen molar-refractivity contribution in [3.8, 4) is 17.5 Å². The van der Waals surface area contributed by atoms with Crippen LogP contribution < -0.4 is 52.2 Å². The minimum absolute atomic E-state index is 0.0972. The number of aromatic nitrogens is 4. The third-order valence-corrected chi connectivity index (χ3v) is 12.1. The molecule has 448 valence electrons. The number of nitrogens with two attached hydrogens (primary N) is 1. The van der Waals surface area contributed by atoms with Gasteiger partial charge in [-0.05, 0) is 79.6 Å². The highest BCUT2D eigenvalue weighted by atomic mass is 16.6. The number of carbonyl (C=O) groups is 7. The van der Waals surface area contributed by atoms with Gasteiger partial charge in [-0.15, -0.1) is 0 Å². The molecule has 0 bridgehead atoms. The van der Waals surface area contributed by atoms with E-state index in [1.807, 2.05) is 37.3 Å². The molecular weight excluding hydrogens is 1080 g/mol. The summed E-state index contributed by atoms with van der Waals surface area (Å²) < 4.78 is 39.5. The molecule has 5 aromatic rings. The van der Waals surface area contributed by atoms with Crippen LogP contribution in [0, 0.1) is 0 Å². The van der Waals surface area contributed by atoms with Crippen LogP contribution in [0.2, 0.25) is 0 Å². The Morgan fingerprint density at radius 2 is 1.40 bits per heavy atom. The van der Waals surface area contributed by atoms with Gasteiger partial charge in [0.15, 0.2) is 23.0 Å². The molecule has 5 amide bonds. The van der Waals surface area contributed by atoms with E-state index in [0.717, 1.165) is 24.0 Å². The molecule has 25 heteroatoms. The van der Waals surface area contributed by atoms with Crippen LogP contribution in [0.3, 0.4) is 0 Å². The fourth-order valence-electron chi connectivity index (χ4n) is 7.77. The van der Waals surface area contributed by atoms with Gasteiger partial charge in [0.2, 0.25) is 23.6 Å². The number of nitrogen functional groups attached to an aromatic ring is 1. The van der Waals surface area contributed by atoms with Crippen LogP contribution in [-0.4, -0.2) is 153 Å². The highest BCUT2D eigenvalue weighted by molar-refractivity contribution is 5.96. The number of nitrogens with one attached hydrogen (secondary N) is 6. The molecule has 1 atom stereocenters. The summed E-state index contributed by atoms with van der Waals surface area (Å²) in [6.07, 6.45) is 6.03. The maximum absolute atomic E-state index is 13.0. The first-order chi connectivity index (χ1) is 40.3. The van der Waals surface area contributed by atoms with Crippen LogP contribution in [0.1, 0.15) is 92.3 Å². The number of rotatable bonds is 39. The average molecular weight is 1150 g/mol. The number of amides is 5. The molecule has 3 aromatic carbocycles. The number of hydrogen-bond donors (Lipinski definition) is 7. The van der Waals surface area contributed by atoms with Gasteiger partial charge in [0.1, 0.15) is 11.6 Å². The van der Waals surface area contributed by atoms with E-state index in [4.69, 9.17) is 38.9 Å². The maximum atomic E-state index is 13.0. The van der Waals surface area contributed by atoms with Gasteiger partial charge in [-0.2, -0.15) is 9.97 Å². The number of aromatic amines is 1. The van der Waals surface area contributed by atoms with Gasteiger partial charge in [0, 0.05) is 63.7 Å². The predicted molar refractivity (Wildman–Crippen MR) is 306 cm³/mol. The lowest BCUT2D eigenvalue weighted by Crippen LogP contribution is -2.50. The monoisotopic (exact) mass is 1150 g/mol. The number of carbonyl (C=O) groups excluding carboxylic acids is 7. The van der Waals surface area contributed by atoms with Crippen molar-refractivity contribution in [3.05, 3.63) is 112 Å². The third kappa shape index (κ3) is 24.1. The minimum atomic E-state index is -0.935. The number of methoxy groups -OCH3 is 1. The molecule has 0 fully saturated rings. The smallest absolute Gasteiger partial charge is 0.328 e. The fourth-order valence-corrected chi connectivity index (χ4v) is 7.77. The normalized spacial score (nSPS) is 11.4. The van der Waals surface area contributed by atoms with Crippen molar-refractivity contribution in [2.24, 2.45) is 0 Å². The molecule has 0 saturated carbocycles. The molecule has 0 saturated heterocycles. The number of nitrogens with zero attached hydrogens (tertiary/aromatic N) is 3. The molecule has 0 aliphatic rings. The van der Waals surface area contributed by atoms with Crippen LogP contribution in [0.4, 0.5) is 5.82 Å². The summed E-state index contributed by atoms with van der Waals surface area (Å²) >= 11 is 0. The van der Waals surface area contributed by atoms with Gasteiger partial charge in [0.05, 0.1) is 66.3 Å². The topological polar surface area (TPSA) is 334 Å². The van der Waals surface area contributed by atoms with Crippen molar-refractivity contribution in [2.75, 3.05) is 91.9 Å². The fraction of sp³-hybridized carbons (Fsp3) is 0.448. The summed E-state index contributed by atoms with van der Waals surface area (Å²) in [6.45, 7) is 7.49. The molecule has 83 heavy (non-hydrogen) atoms. The Labute approximate surface area is 481 Å². The lowest BCUT2D eigenvalue weighted by molar-refractivity contribution is -0.143. The zero-order valence-electron chi connectivity index (χ0n) is 47.3. The van der Waals surface area contributed by atoms with E-state index in [-0.39, 0.29) is 86.5 Å².